The van der Waals surface area contributed by atoms with Gasteiger partial charge in [-0.25, -0.2) is 4.39 Å². The molecule has 2 N–H and O–H groups in total. The van der Waals surface area contributed by atoms with E-state index in [2.05, 4.69) is 26.1 Å². The van der Waals surface area contributed by atoms with Crippen LogP contribution < -0.4 is 5.73 Å². The number of halogens is 2. The van der Waals surface area contributed by atoms with Gasteiger partial charge in [-0.3, -0.25) is 0 Å². The smallest absolute Gasteiger partial charge is 0.243 e. The standard InChI is InChI=1S/C11H11BrFN3O/c1-2-9(14)11-15-10(16-17-11)6-3-7(12)5-8(13)4-6/h3-5,9H,2,14H2,1H3/t9-/m1/s1. The molecule has 0 saturated carbocycles. The fourth-order valence-electron chi connectivity index (χ4n) is 1.36. The van der Waals surface area contributed by atoms with Crippen molar-refractivity contribution in [3.63, 3.8) is 0 Å². The molecule has 0 unspecified atom stereocenters. The highest BCUT2D eigenvalue weighted by atomic mass is 79.9. The van der Waals surface area contributed by atoms with Crippen molar-refractivity contribution in [1.82, 2.24) is 10.1 Å². The lowest BCUT2D eigenvalue weighted by atomic mass is 10.2. The molecule has 0 amide bonds. The van der Waals surface area contributed by atoms with Crippen LogP contribution in [0.25, 0.3) is 11.4 Å². The third kappa shape index (κ3) is 2.70. The van der Waals surface area contributed by atoms with Gasteiger partial charge >= 0.3 is 0 Å². The summed E-state index contributed by atoms with van der Waals surface area (Å²) in [6.07, 6.45) is 0.703. The van der Waals surface area contributed by atoms with E-state index < -0.39 is 0 Å². The molecule has 6 heteroatoms. The SMILES string of the molecule is CC[C@@H](N)c1nc(-c2cc(F)cc(Br)c2)no1. The number of aromatic nitrogens is 2. The van der Waals surface area contributed by atoms with Crippen LogP contribution >= 0.6 is 15.9 Å². The van der Waals surface area contributed by atoms with E-state index in [1.165, 1.54) is 12.1 Å². The summed E-state index contributed by atoms with van der Waals surface area (Å²) in [5.74, 6) is 0.340. The number of benzene rings is 1. The first-order valence-corrected chi connectivity index (χ1v) is 5.95. The number of rotatable bonds is 3. The largest absolute Gasteiger partial charge is 0.337 e. The van der Waals surface area contributed by atoms with Crippen LogP contribution in [0.1, 0.15) is 25.3 Å². The van der Waals surface area contributed by atoms with E-state index in [1.54, 1.807) is 6.07 Å². The molecular formula is C11H11BrFN3O. The average Bonchev–Trinajstić information content (AvgIpc) is 2.76. The van der Waals surface area contributed by atoms with Gasteiger partial charge in [0.05, 0.1) is 6.04 Å². The van der Waals surface area contributed by atoms with Crippen molar-refractivity contribution in [1.29, 1.82) is 0 Å². The van der Waals surface area contributed by atoms with Crippen LogP contribution in [0.15, 0.2) is 27.2 Å². The van der Waals surface area contributed by atoms with E-state index in [-0.39, 0.29) is 11.9 Å². The van der Waals surface area contributed by atoms with Crippen molar-refractivity contribution in [3.8, 4) is 11.4 Å². The van der Waals surface area contributed by atoms with Crippen LogP contribution in [-0.2, 0) is 0 Å². The first-order chi connectivity index (χ1) is 8.10. The zero-order chi connectivity index (χ0) is 12.4. The summed E-state index contributed by atoms with van der Waals surface area (Å²) in [6.45, 7) is 1.92. The van der Waals surface area contributed by atoms with Crippen LogP contribution in [0.2, 0.25) is 0 Å². The quantitative estimate of drug-likeness (QED) is 0.946. The van der Waals surface area contributed by atoms with Crippen molar-refractivity contribution in [2.45, 2.75) is 19.4 Å². The van der Waals surface area contributed by atoms with Gasteiger partial charge in [0, 0.05) is 10.0 Å². The van der Waals surface area contributed by atoms with Crippen LogP contribution in [0.4, 0.5) is 4.39 Å². The van der Waals surface area contributed by atoms with Gasteiger partial charge in [0.25, 0.3) is 0 Å². The second kappa shape index (κ2) is 4.93. The van der Waals surface area contributed by atoms with E-state index in [4.69, 9.17) is 10.3 Å². The molecule has 0 aliphatic rings. The minimum Gasteiger partial charge on any atom is -0.337 e. The van der Waals surface area contributed by atoms with E-state index >= 15 is 0 Å². The van der Waals surface area contributed by atoms with Gasteiger partial charge in [-0.1, -0.05) is 28.0 Å². The number of hydrogen-bond acceptors (Lipinski definition) is 4. The fraction of sp³-hybridized carbons (Fsp3) is 0.273. The molecule has 0 fully saturated rings. The lowest BCUT2D eigenvalue weighted by Crippen LogP contribution is -2.08. The van der Waals surface area contributed by atoms with E-state index in [0.29, 0.717) is 28.2 Å². The van der Waals surface area contributed by atoms with Crippen molar-refractivity contribution in [2.75, 3.05) is 0 Å². The molecule has 0 spiro atoms. The maximum Gasteiger partial charge on any atom is 0.243 e. The van der Waals surface area contributed by atoms with Gasteiger partial charge in [0.2, 0.25) is 11.7 Å². The third-order valence-electron chi connectivity index (χ3n) is 2.32. The zero-order valence-corrected chi connectivity index (χ0v) is 10.7. The Morgan fingerprint density at radius 3 is 2.88 bits per heavy atom. The number of hydrogen-bond donors (Lipinski definition) is 1. The normalized spacial score (nSPS) is 12.7. The summed E-state index contributed by atoms with van der Waals surface area (Å²) < 4.78 is 18.9. The lowest BCUT2D eigenvalue weighted by molar-refractivity contribution is 0.352. The van der Waals surface area contributed by atoms with Gasteiger partial charge in [-0.2, -0.15) is 4.98 Å². The predicted molar refractivity (Wildman–Crippen MR) is 64.6 cm³/mol. The molecule has 0 saturated heterocycles. The summed E-state index contributed by atoms with van der Waals surface area (Å²) in [6, 6.07) is 4.14. The molecule has 0 aliphatic carbocycles. The Morgan fingerprint density at radius 1 is 1.47 bits per heavy atom. The Hall–Kier alpha value is -1.27. The summed E-state index contributed by atoms with van der Waals surface area (Å²) in [5, 5.41) is 3.78. The van der Waals surface area contributed by atoms with Crippen LogP contribution in [0.5, 0.6) is 0 Å². The van der Waals surface area contributed by atoms with Crippen LogP contribution in [0.3, 0.4) is 0 Å². The monoisotopic (exact) mass is 299 g/mol. The molecule has 90 valence electrons. The van der Waals surface area contributed by atoms with E-state index in [1.807, 2.05) is 6.92 Å². The van der Waals surface area contributed by atoms with E-state index in [0.717, 1.165) is 0 Å². The highest BCUT2D eigenvalue weighted by molar-refractivity contribution is 9.10. The van der Waals surface area contributed by atoms with Crippen molar-refractivity contribution < 1.29 is 8.91 Å². The molecule has 17 heavy (non-hydrogen) atoms. The summed E-state index contributed by atoms with van der Waals surface area (Å²) in [5.41, 5.74) is 6.32. The van der Waals surface area contributed by atoms with Crippen LogP contribution in [-0.4, -0.2) is 10.1 Å². The highest BCUT2D eigenvalue weighted by Crippen LogP contribution is 2.23. The topological polar surface area (TPSA) is 64.9 Å². The second-order valence-electron chi connectivity index (χ2n) is 3.63. The van der Waals surface area contributed by atoms with Gasteiger partial charge in [0.15, 0.2) is 0 Å². The van der Waals surface area contributed by atoms with Crippen molar-refractivity contribution >= 4 is 15.9 Å². The Bertz CT molecular complexity index is 509. The molecule has 2 rings (SSSR count). The zero-order valence-electron chi connectivity index (χ0n) is 9.15. The number of nitrogens with zero attached hydrogens (tertiary/aromatic N) is 2. The van der Waals surface area contributed by atoms with Crippen molar-refractivity contribution in [2.24, 2.45) is 5.73 Å². The Labute approximate surface area is 106 Å². The Morgan fingerprint density at radius 2 is 2.24 bits per heavy atom. The average molecular weight is 300 g/mol. The first-order valence-electron chi connectivity index (χ1n) is 5.15. The second-order valence-corrected chi connectivity index (χ2v) is 4.54. The first kappa shape index (κ1) is 12.2. The fourth-order valence-corrected chi connectivity index (χ4v) is 1.83. The lowest BCUT2D eigenvalue weighted by Gasteiger charge is -1.99. The van der Waals surface area contributed by atoms with Gasteiger partial charge in [-0.05, 0) is 24.6 Å². The highest BCUT2D eigenvalue weighted by Gasteiger charge is 2.14. The number of nitrogens with two attached hydrogens (primary N) is 1. The minimum absolute atomic E-state index is 0.284. The van der Waals surface area contributed by atoms with Gasteiger partial charge < -0.3 is 10.3 Å². The molecule has 1 heterocycles. The summed E-state index contributed by atoms with van der Waals surface area (Å²) >= 11 is 3.21. The molecule has 1 aromatic carbocycles. The maximum absolute atomic E-state index is 13.2. The Kier molecular flexibility index (Phi) is 3.54. The minimum atomic E-state index is -0.361. The molecule has 1 atom stereocenters. The van der Waals surface area contributed by atoms with E-state index in [9.17, 15) is 4.39 Å². The predicted octanol–water partition coefficient (Wildman–Crippen LogP) is 3.05. The summed E-state index contributed by atoms with van der Waals surface area (Å²) in [7, 11) is 0. The molecular weight excluding hydrogens is 289 g/mol. The maximum atomic E-state index is 13.2. The molecule has 2 aromatic rings. The third-order valence-corrected chi connectivity index (χ3v) is 2.78. The molecule has 0 radical (unpaired) electrons. The summed E-state index contributed by atoms with van der Waals surface area (Å²) in [4.78, 5) is 4.14. The van der Waals surface area contributed by atoms with Crippen LogP contribution in [0, 0.1) is 5.82 Å². The molecule has 0 aliphatic heterocycles. The van der Waals surface area contributed by atoms with Gasteiger partial charge in [-0.15, -0.1) is 0 Å². The molecule has 4 nitrogen and oxygen atoms in total. The van der Waals surface area contributed by atoms with Gasteiger partial charge in [0.1, 0.15) is 5.82 Å². The Balaban J connectivity index is 2.36. The molecule has 1 aromatic heterocycles. The van der Waals surface area contributed by atoms with Crippen molar-refractivity contribution in [3.05, 3.63) is 34.4 Å². The molecule has 0 bridgehead atoms.